The molecule has 2 N–H and O–H groups in total. The second-order valence-electron chi connectivity index (χ2n) is 5.89. The highest BCUT2D eigenvalue weighted by atomic mass is 79.9. The molecule has 0 aliphatic heterocycles. The van der Waals surface area contributed by atoms with Crippen molar-refractivity contribution in [3.05, 3.63) is 22.7 Å². The number of hydrogen-bond acceptors (Lipinski definition) is 3. The number of anilines is 1. The molecule has 3 nitrogen and oxygen atoms in total. The average Bonchev–Trinajstić information content (AvgIpc) is 2.46. The number of carbonyl (C=O) groups excluding carboxylic acids is 1. The van der Waals surface area contributed by atoms with Gasteiger partial charge >= 0.3 is 0 Å². The summed E-state index contributed by atoms with van der Waals surface area (Å²) in [4.78, 5) is 15.2. The normalized spacial score (nSPS) is 22.0. The minimum atomic E-state index is 0.196. The van der Waals surface area contributed by atoms with Gasteiger partial charge in [0.15, 0.2) is 0 Å². The van der Waals surface area contributed by atoms with Gasteiger partial charge in [-0.1, -0.05) is 22.9 Å². The van der Waals surface area contributed by atoms with E-state index in [9.17, 15) is 4.79 Å². The molecule has 1 aliphatic rings. The Kier molecular flexibility index (Phi) is 5.99. The molecule has 5 heteroatoms. The van der Waals surface area contributed by atoms with Crippen molar-refractivity contribution in [1.82, 2.24) is 4.90 Å². The van der Waals surface area contributed by atoms with Gasteiger partial charge in [-0.3, -0.25) is 4.79 Å². The van der Waals surface area contributed by atoms with Gasteiger partial charge in [-0.05, 0) is 49.8 Å². The van der Waals surface area contributed by atoms with Gasteiger partial charge in [0.1, 0.15) is 0 Å². The summed E-state index contributed by atoms with van der Waals surface area (Å²) in [6.45, 7) is 2.30. The van der Waals surface area contributed by atoms with Crippen molar-refractivity contribution < 1.29 is 4.79 Å². The molecule has 1 fully saturated rings. The van der Waals surface area contributed by atoms with E-state index in [-0.39, 0.29) is 5.91 Å². The van der Waals surface area contributed by atoms with E-state index in [0.717, 1.165) is 33.8 Å². The van der Waals surface area contributed by atoms with Crippen molar-refractivity contribution >= 4 is 39.3 Å². The highest BCUT2D eigenvalue weighted by Crippen LogP contribution is 2.30. The molecule has 0 unspecified atom stereocenters. The third-order valence-electron chi connectivity index (χ3n) is 4.25. The van der Waals surface area contributed by atoms with Crippen molar-refractivity contribution in [2.45, 2.75) is 43.5 Å². The van der Waals surface area contributed by atoms with Gasteiger partial charge in [-0.15, -0.1) is 11.8 Å². The van der Waals surface area contributed by atoms with Crippen LogP contribution >= 0.6 is 27.7 Å². The van der Waals surface area contributed by atoms with Gasteiger partial charge in [-0.2, -0.15) is 0 Å². The summed E-state index contributed by atoms with van der Waals surface area (Å²) >= 11 is 4.91. The van der Waals surface area contributed by atoms with Crippen molar-refractivity contribution in [2.75, 3.05) is 18.5 Å². The minimum Gasteiger partial charge on any atom is -0.398 e. The molecule has 116 valence electrons. The molecule has 0 radical (unpaired) electrons. The molecule has 1 amide bonds. The van der Waals surface area contributed by atoms with E-state index in [1.807, 2.05) is 30.1 Å². The number of halogens is 1. The molecule has 0 aromatic heterocycles. The van der Waals surface area contributed by atoms with Crippen LogP contribution in [0.4, 0.5) is 5.69 Å². The van der Waals surface area contributed by atoms with E-state index in [2.05, 4.69) is 22.9 Å². The molecule has 1 aromatic rings. The van der Waals surface area contributed by atoms with Crippen molar-refractivity contribution in [1.29, 1.82) is 0 Å². The van der Waals surface area contributed by atoms with Gasteiger partial charge in [0, 0.05) is 28.1 Å². The lowest BCUT2D eigenvalue weighted by molar-refractivity contribution is -0.129. The highest BCUT2D eigenvalue weighted by molar-refractivity contribution is 9.10. The Hall–Kier alpha value is -0.680. The molecule has 0 bridgehead atoms. The van der Waals surface area contributed by atoms with Crippen LogP contribution in [0.1, 0.15) is 32.6 Å². The molecule has 21 heavy (non-hydrogen) atoms. The average molecular weight is 371 g/mol. The van der Waals surface area contributed by atoms with Crippen LogP contribution in [0.15, 0.2) is 27.6 Å². The predicted octanol–water partition coefficient (Wildman–Crippen LogP) is 4.16. The SMILES string of the molecule is CC1CCC(N(C)C(=O)CSc2ccc(Br)cc2N)CC1. The number of hydrogen-bond donors (Lipinski definition) is 1. The topological polar surface area (TPSA) is 46.3 Å². The number of carbonyl (C=O) groups is 1. The van der Waals surface area contributed by atoms with Gasteiger partial charge in [0.25, 0.3) is 0 Å². The van der Waals surface area contributed by atoms with Crippen molar-refractivity contribution in [3.63, 3.8) is 0 Å². The number of thioether (sulfide) groups is 1. The van der Waals surface area contributed by atoms with Crippen LogP contribution in [0.3, 0.4) is 0 Å². The molecule has 1 aliphatic carbocycles. The van der Waals surface area contributed by atoms with Gasteiger partial charge in [0.2, 0.25) is 5.91 Å². The zero-order valence-corrected chi connectivity index (χ0v) is 15.0. The largest absolute Gasteiger partial charge is 0.398 e. The van der Waals surface area contributed by atoms with Crippen LogP contribution in [0.25, 0.3) is 0 Å². The van der Waals surface area contributed by atoms with Crippen LogP contribution in [-0.2, 0) is 4.79 Å². The minimum absolute atomic E-state index is 0.196. The summed E-state index contributed by atoms with van der Waals surface area (Å²) in [5, 5.41) is 0. The fraction of sp³-hybridized carbons (Fsp3) is 0.562. The lowest BCUT2D eigenvalue weighted by Gasteiger charge is -2.33. The first-order chi connectivity index (χ1) is 9.97. The van der Waals surface area contributed by atoms with Crippen LogP contribution < -0.4 is 5.73 Å². The summed E-state index contributed by atoms with van der Waals surface area (Å²) in [5.74, 6) is 1.46. The Morgan fingerprint density at radius 3 is 2.67 bits per heavy atom. The zero-order valence-electron chi connectivity index (χ0n) is 12.6. The van der Waals surface area contributed by atoms with Crippen LogP contribution in [0, 0.1) is 5.92 Å². The molecule has 0 atom stereocenters. The smallest absolute Gasteiger partial charge is 0.232 e. The van der Waals surface area contributed by atoms with Crippen LogP contribution in [-0.4, -0.2) is 29.6 Å². The standard InChI is InChI=1S/C16H23BrN2OS/c1-11-3-6-13(7-4-11)19(2)16(20)10-21-15-8-5-12(17)9-14(15)18/h5,8-9,11,13H,3-4,6-7,10,18H2,1-2H3. The molecule has 0 spiro atoms. The summed E-state index contributed by atoms with van der Waals surface area (Å²) < 4.78 is 0.962. The Bertz CT molecular complexity index is 501. The van der Waals surface area contributed by atoms with E-state index in [1.165, 1.54) is 24.6 Å². The van der Waals surface area contributed by atoms with Crippen LogP contribution in [0.2, 0.25) is 0 Å². The Balaban J connectivity index is 1.86. The lowest BCUT2D eigenvalue weighted by atomic mass is 9.87. The number of amides is 1. The molecular weight excluding hydrogens is 348 g/mol. The molecular formula is C16H23BrN2OS. The quantitative estimate of drug-likeness (QED) is 0.639. The molecule has 2 rings (SSSR count). The second kappa shape index (κ2) is 7.54. The number of rotatable bonds is 4. The third-order valence-corrected chi connectivity index (χ3v) is 5.82. The highest BCUT2D eigenvalue weighted by Gasteiger charge is 2.24. The summed E-state index contributed by atoms with van der Waals surface area (Å²) in [6, 6.07) is 6.20. The monoisotopic (exact) mass is 370 g/mol. The van der Waals surface area contributed by atoms with Gasteiger partial charge < -0.3 is 10.6 Å². The number of nitrogen functional groups attached to an aromatic ring is 1. The fourth-order valence-corrected chi connectivity index (χ4v) is 3.98. The summed E-state index contributed by atoms with van der Waals surface area (Å²) in [7, 11) is 1.94. The maximum absolute atomic E-state index is 12.3. The third kappa shape index (κ3) is 4.65. The first-order valence-corrected chi connectivity index (χ1v) is 9.18. The van der Waals surface area contributed by atoms with Crippen molar-refractivity contribution in [3.8, 4) is 0 Å². The van der Waals surface area contributed by atoms with E-state index in [4.69, 9.17) is 5.73 Å². The molecule has 1 aromatic carbocycles. The Labute approximate surface area is 139 Å². The van der Waals surface area contributed by atoms with E-state index in [0.29, 0.717) is 11.8 Å². The summed E-state index contributed by atoms with van der Waals surface area (Å²) in [6.07, 6.45) is 4.73. The zero-order chi connectivity index (χ0) is 15.4. The first-order valence-electron chi connectivity index (χ1n) is 7.41. The molecule has 0 saturated heterocycles. The number of nitrogens with zero attached hydrogens (tertiary/aromatic N) is 1. The first kappa shape index (κ1) is 16.7. The van der Waals surface area contributed by atoms with Crippen molar-refractivity contribution in [2.24, 2.45) is 5.92 Å². The number of benzene rings is 1. The maximum atomic E-state index is 12.3. The van der Waals surface area contributed by atoms with Gasteiger partial charge in [0.05, 0.1) is 5.75 Å². The van der Waals surface area contributed by atoms with Gasteiger partial charge in [-0.25, -0.2) is 0 Å². The number of nitrogens with two attached hydrogens (primary N) is 1. The fourth-order valence-electron chi connectivity index (χ4n) is 2.73. The maximum Gasteiger partial charge on any atom is 0.232 e. The summed E-state index contributed by atoms with van der Waals surface area (Å²) in [5.41, 5.74) is 6.68. The second-order valence-corrected chi connectivity index (χ2v) is 7.82. The van der Waals surface area contributed by atoms with E-state index >= 15 is 0 Å². The molecule has 0 heterocycles. The Morgan fingerprint density at radius 1 is 1.38 bits per heavy atom. The predicted molar refractivity (Wildman–Crippen MR) is 93.5 cm³/mol. The molecule has 1 saturated carbocycles. The Morgan fingerprint density at radius 2 is 2.05 bits per heavy atom. The van der Waals surface area contributed by atoms with E-state index in [1.54, 1.807) is 0 Å². The van der Waals surface area contributed by atoms with E-state index < -0.39 is 0 Å². The lowest BCUT2D eigenvalue weighted by Crippen LogP contribution is -2.40. The van der Waals surface area contributed by atoms with Crippen LogP contribution in [0.5, 0.6) is 0 Å².